The Bertz CT molecular complexity index is 772. The molecule has 0 bridgehead atoms. The molecule has 0 radical (unpaired) electrons. The number of hydrogen-bond donors (Lipinski definition) is 0. The summed E-state index contributed by atoms with van der Waals surface area (Å²) in [5.41, 5.74) is 4.63. The number of aromatic nitrogens is 2. The molecule has 0 aliphatic carbocycles. The van der Waals surface area contributed by atoms with Gasteiger partial charge in [0.1, 0.15) is 11.3 Å². The zero-order valence-corrected chi connectivity index (χ0v) is 15.4. The Kier molecular flexibility index (Phi) is 4.85. The summed E-state index contributed by atoms with van der Waals surface area (Å²) in [5.74, 6) is 0. The summed E-state index contributed by atoms with van der Waals surface area (Å²) in [6.07, 6.45) is 6.37. The van der Waals surface area contributed by atoms with Gasteiger partial charge < -0.3 is 0 Å². The van der Waals surface area contributed by atoms with Crippen molar-refractivity contribution in [1.82, 2.24) is 14.5 Å². The summed E-state index contributed by atoms with van der Waals surface area (Å²) in [6, 6.07) is 4.07. The molecule has 0 N–H and O–H groups in total. The number of allylic oxidation sites excluding steroid dienone is 1. The van der Waals surface area contributed by atoms with E-state index in [4.69, 9.17) is 23.8 Å². The Morgan fingerprint density at radius 2 is 2.13 bits per heavy atom. The molecule has 0 saturated heterocycles. The lowest BCUT2D eigenvalue weighted by Crippen LogP contribution is -2.38. The molecule has 1 aliphatic rings. The number of hydrogen-bond acceptors (Lipinski definition) is 3. The van der Waals surface area contributed by atoms with Crippen LogP contribution >= 0.6 is 23.8 Å². The highest BCUT2D eigenvalue weighted by Crippen LogP contribution is 2.30. The standard InChI is InChI=1S/C18H22ClN3S/c1-4-13(5-2)8-9-21-10-14-15(19)6-7-16-17(14)22(11-20-16)18(23)12(21)3/h6-8,11-12H,4-5,9-10H2,1-3H3/t12-/m0/s1. The molecule has 5 heteroatoms. The Labute approximate surface area is 147 Å². The van der Waals surface area contributed by atoms with Gasteiger partial charge in [-0.1, -0.05) is 49.3 Å². The van der Waals surface area contributed by atoms with Crippen LogP contribution in [-0.4, -0.2) is 32.0 Å². The maximum Gasteiger partial charge on any atom is 0.105 e. The summed E-state index contributed by atoms with van der Waals surface area (Å²) in [5, 5.41) is 0.788. The Balaban J connectivity index is 2.03. The van der Waals surface area contributed by atoms with Crippen molar-refractivity contribution in [3.8, 4) is 0 Å². The third kappa shape index (κ3) is 2.95. The number of benzene rings is 1. The van der Waals surface area contributed by atoms with E-state index in [0.29, 0.717) is 0 Å². The van der Waals surface area contributed by atoms with E-state index < -0.39 is 0 Å². The third-order valence-corrected chi connectivity index (χ3v) is 5.68. The van der Waals surface area contributed by atoms with Crippen molar-refractivity contribution in [2.45, 2.75) is 46.2 Å². The normalized spacial score (nSPS) is 18.3. The first-order valence-electron chi connectivity index (χ1n) is 8.17. The second kappa shape index (κ2) is 6.71. The van der Waals surface area contributed by atoms with E-state index in [1.54, 1.807) is 0 Å². The Morgan fingerprint density at radius 1 is 1.39 bits per heavy atom. The number of thiocarbonyl (C=S) groups is 1. The first-order valence-corrected chi connectivity index (χ1v) is 8.96. The number of halogens is 1. The van der Waals surface area contributed by atoms with E-state index in [0.717, 1.165) is 52.5 Å². The lowest BCUT2D eigenvalue weighted by molar-refractivity contribution is 0.274. The monoisotopic (exact) mass is 347 g/mol. The predicted octanol–water partition coefficient (Wildman–Crippen LogP) is 4.82. The number of rotatable bonds is 4. The lowest BCUT2D eigenvalue weighted by Gasteiger charge is -2.26. The minimum atomic E-state index is 0.164. The maximum atomic E-state index is 6.49. The van der Waals surface area contributed by atoms with Gasteiger partial charge in [0.15, 0.2) is 0 Å². The highest BCUT2D eigenvalue weighted by Gasteiger charge is 2.27. The molecule has 0 spiro atoms. The second-order valence-corrected chi connectivity index (χ2v) is 6.85. The van der Waals surface area contributed by atoms with Crippen molar-refractivity contribution in [1.29, 1.82) is 0 Å². The van der Waals surface area contributed by atoms with Crippen LogP contribution in [0.5, 0.6) is 0 Å². The fourth-order valence-electron chi connectivity index (χ4n) is 3.17. The van der Waals surface area contributed by atoms with Gasteiger partial charge in [0.2, 0.25) is 0 Å². The molecule has 0 saturated carbocycles. The molecule has 3 nitrogen and oxygen atoms in total. The first-order chi connectivity index (χ1) is 11.1. The van der Waals surface area contributed by atoms with Crippen LogP contribution in [0.25, 0.3) is 11.0 Å². The van der Waals surface area contributed by atoms with Crippen LogP contribution in [0.1, 0.15) is 39.2 Å². The van der Waals surface area contributed by atoms with E-state index >= 15 is 0 Å². The zero-order chi connectivity index (χ0) is 16.6. The van der Waals surface area contributed by atoms with Crippen molar-refractivity contribution in [2.75, 3.05) is 6.54 Å². The molecule has 1 atom stereocenters. The smallest absolute Gasteiger partial charge is 0.105 e. The van der Waals surface area contributed by atoms with Crippen LogP contribution in [0.3, 0.4) is 0 Å². The van der Waals surface area contributed by atoms with Crippen molar-refractivity contribution < 1.29 is 0 Å². The summed E-state index contributed by atoms with van der Waals surface area (Å²) in [7, 11) is 0. The first kappa shape index (κ1) is 16.6. The van der Waals surface area contributed by atoms with Crippen LogP contribution in [0.2, 0.25) is 5.02 Å². The molecular weight excluding hydrogens is 326 g/mol. The number of nitrogens with zero attached hydrogens (tertiary/aromatic N) is 3. The summed E-state index contributed by atoms with van der Waals surface area (Å²) in [6.45, 7) is 8.27. The quantitative estimate of drug-likeness (QED) is 0.584. The van der Waals surface area contributed by atoms with Gasteiger partial charge in [-0.15, -0.1) is 0 Å². The van der Waals surface area contributed by atoms with Crippen molar-refractivity contribution in [3.63, 3.8) is 0 Å². The van der Waals surface area contributed by atoms with Crippen LogP contribution in [0, 0.1) is 0 Å². The van der Waals surface area contributed by atoms with Gasteiger partial charge in [-0.25, -0.2) is 4.98 Å². The predicted molar refractivity (Wildman–Crippen MR) is 101 cm³/mol. The molecular formula is C18H22ClN3S. The molecule has 2 aromatic rings. The molecule has 3 rings (SSSR count). The van der Waals surface area contributed by atoms with Gasteiger partial charge in [0.25, 0.3) is 0 Å². The van der Waals surface area contributed by atoms with Crippen molar-refractivity contribution >= 4 is 39.8 Å². The molecule has 1 aliphatic heterocycles. The van der Waals surface area contributed by atoms with Crippen LogP contribution in [-0.2, 0) is 6.54 Å². The van der Waals surface area contributed by atoms with Crippen molar-refractivity contribution in [2.24, 2.45) is 0 Å². The van der Waals surface area contributed by atoms with Gasteiger partial charge >= 0.3 is 0 Å². The molecule has 122 valence electrons. The van der Waals surface area contributed by atoms with Gasteiger partial charge in [-0.3, -0.25) is 9.47 Å². The molecule has 23 heavy (non-hydrogen) atoms. The zero-order valence-electron chi connectivity index (χ0n) is 13.8. The molecule has 1 aromatic carbocycles. The van der Waals surface area contributed by atoms with E-state index in [-0.39, 0.29) is 6.04 Å². The van der Waals surface area contributed by atoms with E-state index in [1.165, 1.54) is 5.57 Å². The highest BCUT2D eigenvalue weighted by molar-refractivity contribution is 7.80. The molecule has 0 unspecified atom stereocenters. The minimum Gasteiger partial charge on any atom is -0.291 e. The second-order valence-electron chi connectivity index (χ2n) is 6.02. The van der Waals surface area contributed by atoms with Crippen LogP contribution in [0.4, 0.5) is 0 Å². The van der Waals surface area contributed by atoms with Crippen LogP contribution in [0.15, 0.2) is 30.1 Å². The van der Waals surface area contributed by atoms with Gasteiger partial charge in [-0.05, 0) is 31.9 Å². The van der Waals surface area contributed by atoms with Crippen molar-refractivity contribution in [3.05, 3.63) is 40.7 Å². The van der Waals surface area contributed by atoms with Crippen LogP contribution < -0.4 is 0 Å². The molecule has 0 fully saturated rings. The summed E-state index contributed by atoms with van der Waals surface area (Å²) in [4.78, 5) is 7.75. The Morgan fingerprint density at radius 3 is 2.83 bits per heavy atom. The number of imidazole rings is 1. The van der Waals surface area contributed by atoms with Gasteiger partial charge in [-0.2, -0.15) is 0 Å². The summed E-state index contributed by atoms with van der Waals surface area (Å²) < 4.78 is 2.03. The van der Waals surface area contributed by atoms with Gasteiger partial charge in [0.05, 0.1) is 17.1 Å². The SMILES string of the molecule is CCC(=CCN1Cc2c(Cl)ccc3ncn(c23)C(=S)[C@@H]1C)CC. The molecule has 2 heterocycles. The largest absolute Gasteiger partial charge is 0.291 e. The topological polar surface area (TPSA) is 21.1 Å². The maximum absolute atomic E-state index is 6.49. The lowest BCUT2D eigenvalue weighted by atomic mass is 10.1. The van der Waals surface area contributed by atoms with E-state index in [9.17, 15) is 0 Å². The van der Waals surface area contributed by atoms with E-state index in [1.807, 2.05) is 23.0 Å². The van der Waals surface area contributed by atoms with Gasteiger partial charge in [0, 0.05) is 23.7 Å². The highest BCUT2D eigenvalue weighted by atomic mass is 35.5. The molecule has 1 aromatic heterocycles. The summed E-state index contributed by atoms with van der Waals surface area (Å²) >= 11 is 12.2. The fraction of sp³-hybridized carbons (Fsp3) is 0.444. The molecule has 0 amide bonds. The fourth-order valence-corrected chi connectivity index (χ4v) is 3.67. The third-order valence-electron chi connectivity index (χ3n) is 4.78. The average Bonchev–Trinajstić information content (AvgIpc) is 2.95. The average molecular weight is 348 g/mol. The minimum absolute atomic E-state index is 0.164. The van der Waals surface area contributed by atoms with E-state index in [2.05, 4.69) is 36.7 Å². The Hall–Kier alpha value is -1.23.